The maximum Gasteiger partial charge on any atom is 0.253 e. The van der Waals surface area contributed by atoms with E-state index in [0.717, 1.165) is 0 Å². The van der Waals surface area contributed by atoms with Gasteiger partial charge < -0.3 is 15.8 Å². The van der Waals surface area contributed by atoms with Crippen LogP contribution in [0.25, 0.3) is 0 Å². The zero-order valence-electron chi connectivity index (χ0n) is 10.6. The Kier molecular flexibility index (Phi) is 5.64. The molecule has 0 aromatic heterocycles. The van der Waals surface area contributed by atoms with Crippen LogP contribution in [-0.4, -0.2) is 35.3 Å². The standard InChI is InChI=1S/C12H18N2O3S/c1-3-18(16)7-6-14-12(15)10-5-4-9(17-2)8-11(10)13/h4-5,8H,3,6-7,13H2,1-2H3,(H,14,15). The number of nitrogens with one attached hydrogen (secondary N) is 1. The molecule has 1 aromatic carbocycles. The zero-order valence-corrected chi connectivity index (χ0v) is 11.4. The Morgan fingerprint density at radius 2 is 2.22 bits per heavy atom. The van der Waals surface area contributed by atoms with Crippen LogP contribution in [-0.2, 0) is 10.8 Å². The smallest absolute Gasteiger partial charge is 0.253 e. The lowest BCUT2D eigenvalue weighted by Crippen LogP contribution is -2.28. The van der Waals surface area contributed by atoms with Gasteiger partial charge in [0.25, 0.3) is 5.91 Å². The van der Waals surface area contributed by atoms with Gasteiger partial charge in [-0.25, -0.2) is 0 Å². The predicted octanol–water partition coefficient (Wildman–Crippen LogP) is 0.776. The van der Waals surface area contributed by atoms with Crippen LogP contribution >= 0.6 is 0 Å². The van der Waals surface area contributed by atoms with Crippen molar-refractivity contribution in [1.29, 1.82) is 0 Å². The number of nitrogens with two attached hydrogens (primary N) is 1. The molecular formula is C12H18N2O3S. The van der Waals surface area contributed by atoms with E-state index in [9.17, 15) is 9.00 Å². The van der Waals surface area contributed by atoms with Gasteiger partial charge in [0, 0.05) is 40.6 Å². The number of hydrogen-bond donors (Lipinski definition) is 2. The Hall–Kier alpha value is -1.56. The maximum atomic E-state index is 11.8. The second-order valence-electron chi connectivity index (χ2n) is 3.64. The summed E-state index contributed by atoms with van der Waals surface area (Å²) in [5, 5.41) is 2.69. The highest BCUT2D eigenvalue weighted by Crippen LogP contribution is 2.19. The fourth-order valence-electron chi connectivity index (χ4n) is 1.39. The SMILES string of the molecule is CCS(=O)CCNC(=O)c1ccc(OC)cc1N. The largest absolute Gasteiger partial charge is 0.497 e. The number of benzene rings is 1. The van der Waals surface area contributed by atoms with Gasteiger partial charge in [-0.05, 0) is 12.1 Å². The monoisotopic (exact) mass is 270 g/mol. The third-order valence-corrected chi connectivity index (χ3v) is 3.74. The number of nitrogen functional groups attached to an aromatic ring is 1. The second-order valence-corrected chi connectivity index (χ2v) is 5.51. The Balaban J connectivity index is 2.59. The van der Waals surface area contributed by atoms with Crippen molar-refractivity contribution in [3.8, 4) is 5.75 Å². The number of methoxy groups -OCH3 is 1. The summed E-state index contributed by atoms with van der Waals surface area (Å²) in [7, 11) is 0.660. The van der Waals surface area contributed by atoms with E-state index in [0.29, 0.717) is 35.1 Å². The minimum absolute atomic E-state index is 0.261. The van der Waals surface area contributed by atoms with Gasteiger partial charge >= 0.3 is 0 Å². The number of rotatable bonds is 6. The number of carbonyl (C=O) groups is 1. The number of carbonyl (C=O) groups excluding carboxylic acids is 1. The summed E-state index contributed by atoms with van der Waals surface area (Å²) in [6.07, 6.45) is 0. The molecule has 18 heavy (non-hydrogen) atoms. The van der Waals surface area contributed by atoms with Crippen LogP contribution in [0.3, 0.4) is 0 Å². The Morgan fingerprint density at radius 3 is 2.78 bits per heavy atom. The summed E-state index contributed by atoms with van der Waals surface area (Å²) in [5.41, 5.74) is 6.52. The summed E-state index contributed by atoms with van der Waals surface area (Å²) < 4.78 is 16.2. The number of anilines is 1. The first-order valence-corrected chi connectivity index (χ1v) is 7.14. The zero-order chi connectivity index (χ0) is 13.5. The molecule has 0 aliphatic carbocycles. The Bertz CT molecular complexity index is 449. The molecule has 3 N–H and O–H groups in total. The lowest BCUT2D eigenvalue weighted by atomic mass is 10.1. The molecule has 1 unspecified atom stereocenters. The van der Waals surface area contributed by atoms with Crippen molar-refractivity contribution >= 4 is 22.4 Å². The van der Waals surface area contributed by atoms with E-state index in [2.05, 4.69) is 5.32 Å². The van der Waals surface area contributed by atoms with Gasteiger partial charge in [-0.15, -0.1) is 0 Å². The van der Waals surface area contributed by atoms with Crippen LogP contribution in [0.15, 0.2) is 18.2 Å². The van der Waals surface area contributed by atoms with Gasteiger partial charge in [0.05, 0.1) is 12.7 Å². The molecule has 6 heteroatoms. The molecule has 0 heterocycles. The molecule has 0 fully saturated rings. The van der Waals surface area contributed by atoms with Gasteiger partial charge in [-0.1, -0.05) is 6.92 Å². The van der Waals surface area contributed by atoms with Gasteiger partial charge in [0.2, 0.25) is 0 Å². The first-order chi connectivity index (χ1) is 8.58. The van der Waals surface area contributed by atoms with Crippen LogP contribution in [0.2, 0.25) is 0 Å². The van der Waals surface area contributed by atoms with Crippen molar-refractivity contribution in [3.05, 3.63) is 23.8 Å². The summed E-state index contributed by atoms with van der Waals surface area (Å²) >= 11 is 0. The highest BCUT2D eigenvalue weighted by Gasteiger charge is 2.10. The first kappa shape index (κ1) is 14.5. The van der Waals surface area contributed by atoms with Crippen LogP contribution in [0.4, 0.5) is 5.69 Å². The molecule has 5 nitrogen and oxygen atoms in total. The molecule has 0 aliphatic rings. The summed E-state index contributed by atoms with van der Waals surface area (Å²) in [6.45, 7) is 2.23. The Labute approximate surface area is 109 Å². The molecule has 1 atom stereocenters. The number of ether oxygens (including phenoxy) is 1. The molecule has 0 saturated heterocycles. The van der Waals surface area contributed by atoms with E-state index in [-0.39, 0.29) is 5.91 Å². The summed E-state index contributed by atoms with van der Waals surface area (Å²) in [4.78, 5) is 11.8. The quantitative estimate of drug-likeness (QED) is 0.748. The van der Waals surface area contributed by atoms with E-state index in [4.69, 9.17) is 10.5 Å². The van der Waals surface area contributed by atoms with Crippen molar-refractivity contribution in [2.24, 2.45) is 0 Å². The molecule has 0 aliphatic heterocycles. The minimum atomic E-state index is -0.876. The molecule has 0 bridgehead atoms. The molecule has 1 amide bonds. The van der Waals surface area contributed by atoms with Gasteiger partial charge in [0.15, 0.2) is 0 Å². The third-order valence-electron chi connectivity index (χ3n) is 2.44. The van der Waals surface area contributed by atoms with Crippen molar-refractivity contribution in [1.82, 2.24) is 5.32 Å². The van der Waals surface area contributed by atoms with E-state index in [1.165, 1.54) is 7.11 Å². The summed E-state index contributed by atoms with van der Waals surface area (Å²) in [5.74, 6) is 1.40. The average molecular weight is 270 g/mol. The summed E-state index contributed by atoms with van der Waals surface area (Å²) in [6, 6.07) is 4.88. The van der Waals surface area contributed by atoms with E-state index < -0.39 is 10.8 Å². The minimum Gasteiger partial charge on any atom is -0.497 e. The fourth-order valence-corrected chi connectivity index (χ4v) is 2.01. The van der Waals surface area contributed by atoms with Gasteiger partial charge in [-0.2, -0.15) is 0 Å². The normalized spacial score (nSPS) is 11.9. The molecule has 1 rings (SSSR count). The topological polar surface area (TPSA) is 81.4 Å². The molecule has 0 radical (unpaired) electrons. The number of hydrogen-bond acceptors (Lipinski definition) is 4. The lowest BCUT2D eigenvalue weighted by Gasteiger charge is -2.08. The average Bonchev–Trinajstić information content (AvgIpc) is 2.37. The maximum absolute atomic E-state index is 11.8. The van der Waals surface area contributed by atoms with E-state index >= 15 is 0 Å². The first-order valence-electron chi connectivity index (χ1n) is 5.65. The van der Waals surface area contributed by atoms with Crippen molar-refractivity contribution in [2.75, 3.05) is 30.9 Å². The van der Waals surface area contributed by atoms with Gasteiger partial charge in [-0.3, -0.25) is 9.00 Å². The lowest BCUT2D eigenvalue weighted by molar-refractivity contribution is 0.0957. The van der Waals surface area contributed by atoms with Crippen molar-refractivity contribution in [3.63, 3.8) is 0 Å². The van der Waals surface area contributed by atoms with Crippen LogP contribution < -0.4 is 15.8 Å². The van der Waals surface area contributed by atoms with E-state index in [1.54, 1.807) is 18.2 Å². The molecule has 0 spiro atoms. The second kappa shape index (κ2) is 7.00. The highest BCUT2D eigenvalue weighted by molar-refractivity contribution is 7.84. The van der Waals surface area contributed by atoms with Crippen molar-refractivity contribution in [2.45, 2.75) is 6.92 Å². The molecule has 100 valence electrons. The van der Waals surface area contributed by atoms with Crippen LogP contribution in [0.5, 0.6) is 5.75 Å². The molecule has 0 saturated carbocycles. The third kappa shape index (κ3) is 4.03. The van der Waals surface area contributed by atoms with Crippen LogP contribution in [0, 0.1) is 0 Å². The molecular weight excluding hydrogens is 252 g/mol. The fraction of sp³-hybridized carbons (Fsp3) is 0.417. The molecule has 1 aromatic rings. The van der Waals surface area contributed by atoms with Crippen molar-refractivity contribution < 1.29 is 13.7 Å². The van der Waals surface area contributed by atoms with E-state index in [1.807, 2.05) is 6.92 Å². The number of amides is 1. The highest BCUT2D eigenvalue weighted by atomic mass is 32.2. The van der Waals surface area contributed by atoms with Crippen LogP contribution in [0.1, 0.15) is 17.3 Å². The Morgan fingerprint density at radius 1 is 1.50 bits per heavy atom. The predicted molar refractivity (Wildman–Crippen MR) is 73.3 cm³/mol. The van der Waals surface area contributed by atoms with Gasteiger partial charge in [0.1, 0.15) is 5.75 Å².